The van der Waals surface area contributed by atoms with Gasteiger partial charge in [-0.2, -0.15) is 0 Å². The number of hydrogen-bond donors (Lipinski definition) is 1. The van der Waals surface area contributed by atoms with Gasteiger partial charge in [-0.05, 0) is 32.2 Å². The molecule has 18 heavy (non-hydrogen) atoms. The first kappa shape index (κ1) is 17.9. The summed E-state index contributed by atoms with van der Waals surface area (Å²) < 4.78 is 5.79. The molecule has 2 nitrogen and oxygen atoms in total. The molecule has 1 N–H and O–H groups in total. The maximum atomic E-state index is 5.79. The van der Waals surface area contributed by atoms with Crippen LogP contribution in [0.3, 0.4) is 0 Å². The van der Waals surface area contributed by atoms with Gasteiger partial charge in [0, 0.05) is 13.2 Å². The van der Waals surface area contributed by atoms with Crippen molar-refractivity contribution in [1.29, 1.82) is 0 Å². The Kier molecular flexibility index (Phi) is 13.3. The summed E-state index contributed by atoms with van der Waals surface area (Å²) in [5.74, 6) is 0.789. The lowest BCUT2D eigenvalue weighted by atomic mass is 10.1. The number of ether oxygens (including phenoxy) is 1. The highest BCUT2D eigenvalue weighted by Crippen LogP contribution is 2.05. The van der Waals surface area contributed by atoms with Gasteiger partial charge in [0.05, 0.1) is 6.10 Å². The molecule has 0 aliphatic heterocycles. The monoisotopic (exact) mass is 257 g/mol. The standard InChI is InChI=1S/C16H35NO/c1-5-6-7-8-9-10-13-18-16(4)14-17-12-11-15(2)3/h15-17H,5-14H2,1-4H3. The predicted octanol–water partition coefficient (Wildman–Crippen LogP) is 4.39. The van der Waals surface area contributed by atoms with Crippen molar-refractivity contribution in [3.8, 4) is 0 Å². The van der Waals surface area contributed by atoms with Crippen LogP contribution in [0.4, 0.5) is 0 Å². The third kappa shape index (κ3) is 14.0. The van der Waals surface area contributed by atoms with Crippen LogP contribution >= 0.6 is 0 Å². The summed E-state index contributed by atoms with van der Waals surface area (Å²) in [6.45, 7) is 12.0. The van der Waals surface area contributed by atoms with Crippen molar-refractivity contribution in [2.75, 3.05) is 19.7 Å². The Bertz CT molecular complexity index is 159. The zero-order valence-corrected chi connectivity index (χ0v) is 13.1. The fraction of sp³-hybridized carbons (Fsp3) is 1.00. The normalized spacial score (nSPS) is 13.2. The minimum Gasteiger partial charge on any atom is -0.377 e. The molecule has 1 unspecified atom stereocenters. The summed E-state index contributed by atoms with van der Waals surface area (Å²) in [7, 11) is 0. The zero-order valence-electron chi connectivity index (χ0n) is 13.1. The number of unbranched alkanes of at least 4 members (excludes halogenated alkanes) is 5. The highest BCUT2D eigenvalue weighted by molar-refractivity contribution is 4.57. The molecule has 0 bridgehead atoms. The molecule has 0 spiro atoms. The second-order valence-corrected chi connectivity index (χ2v) is 5.84. The molecule has 2 heteroatoms. The van der Waals surface area contributed by atoms with Gasteiger partial charge in [-0.3, -0.25) is 0 Å². The Morgan fingerprint density at radius 1 is 0.944 bits per heavy atom. The molecule has 0 fully saturated rings. The van der Waals surface area contributed by atoms with Crippen molar-refractivity contribution in [2.45, 2.75) is 78.7 Å². The predicted molar refractivity (Wildman–Crippen MR) is 81.1 cm³/mol. The maximum Gasteiger partial charge on any atom is 0.0671 e. The number of nitrogens with one attached hydrogen (secondary N) is 1. The molecule has 110 valence electrons. The lowest BCUT2D eigenvalue weighted by molar-refractivity contribution is 0.0629. The van der Waals surface area contributed by atoms with E-state index in [1.807, 2.05) is 0 Å². The number of rotatable bonds is 13. The van der Waals surface area contributed by atoms with Gasteiger partial charge in [-0.1, -0.05) is 52.9 Å². The fourth-order valence-electron chi connectivity index (χ4n) is 1.92. The summed E-state index contributed by atoms with van der Waals surface area (Å²) >= 11 is 0. The lowest BCUT2D eigenvalue weighted by Crippen LogP contribution is -2.28. The second-order valence-electron chi connectivity index (χ2n) is 5.84. The lowest BCUT2D eigenvalue weighted by Gasteiger charge is -2.14. The van der Waals surface area contributed by atoms with E-state index in [4.69, 9.17) is 4.74 Å². The minimum absolute atomic E-state index is 0.354. The molecule has 0 aliphatic carbocycles. The van der Waals surface area contributed by atoms with Crippen LogP contribution in [0.2, 0.25) is 0 Å². The fourth-order valence-corrected chi connectivity index (χ4v) is 1.92. The van der Waals surface area contributed by atoms with Crippen LogP contribution in [0.25, 0.3) is 0 Å². The average molecular weight is 257 g/mol. The Hall–Kier alpha value is -0.0800. The SMILES string of the molecule is CCCCCCCCOC(C)CNCCC(C)C. The first-order valence-corrected chi connectivity index (χ1v) is 7.99. The van der Waals surface area contributed by atoms with Crippen LogP contribution in [0, 0.1) is 5.92 Å². The summed E-state index contributed by atoms with van der Waals surface area (Å²) in [4.78, 5) is 0. The van der Waals surface area contributed by atoms with Crippen LogP contribution < -0.4 is 5.32 Å². The Morgan fingerprint density at radius 2 is 1.61 bits per heavy atom. The van der Waals surface area contributed by atoms with E-state index in [0.717, 1.165) is 25.6 Å². The first-order valence-electron chi connectivity index (χ1n) is 7.99. The van der Waals surface area contributed by atoms with E-state index in [1.165, 1.54) is 44.9 Å². The topological polar surface area (TPSA) is 21.3 Å². The second kappa shape index (κ2) is 13.4. The van der Waals surface area contributed by atoms with Gasteiger partial charge < -0.3 is 10.1 Å². The first-order chi connectivity index (χ1) is 8.66. The molecule has 1 atom stereocenters. The summed E-state index contributed by atoms with van der Waals surface area (Å²) in [6, 6.07) is 0. The molecule has 0 aliphatic rings. The van der Waals surface area contributed by atoms with Gasteiger partial charge in [-0.15, -0.1) is 0 Å². The molecule has 0 saturated heterocycles. The van der Waals surface area contributed by atoms with Crippen LogP contribution in [-0.4, -0.2) is 25.8 Å². The third-order valence-corrected chi connectivity index (χ3v) is 3.23. The van der Waals surface area contributed by atoms with Crippen LogP contribution in [-0.2, 0) is 4.74 Å². The van der Waals surface area contributed by atoms with E-state index in [1.54, 1.807) is 0 Å². The van der Waals surface area contributed by atoms with E-state index in [2.05, 4.69) is 33.0 Å². The Morgan fingerprint density at radius 3 is 2.28 bits per heavy atom. The average Bonchev–Trinajstić information content (AvgIpc) is 2.33. The van der Waals surface area contributed by atoms with Crippen molar-refractivity contribution < 1.29 is 4.74 Å². The van der Waals surface area contributed by atoms with Crippen molar-refractivity contribution in [3.63, 3.8) is 0 Å². The van der Waals surface area contributed by atoms with E-state index >= 15 is 0 Å². The van der Waals surface area contributed by atoms with Gasteiger partial charge in [0.1, 0.15) is 0 Å². The molecular formula is C16H35NO. The van der Waals surface area contributed by atoms with Gasteiger partial charge in [-0.25, -0.2) is 0 Å². The van der Waals surface area contributed by atoms with E-state index in [0.29, 0.717) is 6.10 Å². The number of hydrogen-bond acceptors (Lipinski definition) is 2. The minimum atomic E-state index is 0.354. The van der Waals surface area contributed by atoms with Crippen molar-refractivity contribution in [2.24, 2.45) is 5.92 Å². The van der Waals surface area contributed by atoms with Crippen molar-refractivity contribution >= 4 is 0 Å². The molecule has 0 amide bonds. The molecule has 0 aromatic carbocycles. The highest BCUT2D eigenvalue weighted by atomic mass is 16.5. The zero-order chi connectivity index (χ0) is 13.6. The largest absolute Gasteiger partial charge is 0.377 e. The Labute approximate surface area is 115 Å². The molecule has 0 rings (SSSR count). The van der Waals surface area contributed by atoms with E-state index < -0.39 is 0 Å². The van der Waals surface area contributed by atoms with E-state index in [-0.39, 0.29) is 0 Å². The molecule has 0 aromatic rings. The molecule has 0 saturated carbocycles. The third-order valence-electron chi connectivity index (χ3n) is 3.23. The molecular weight excluding hydrogens is 222 g/mol. The summed E-state index contributed by atoms with van der Waals surface area (Å²) in [5, 5.41) is 3.46. The quantitative estimate of drug-likeness (QED) is 0.494. The van der Waals surface area contributed by atoms with Crippen LogP contribution in [0.5, 0.6) is 0 Å². The van der Waals surface area contributed by atoms with Gasteiger partial charge >= 0.3 is 0 Å². The van der Waals surface area contributed by atoms with Crippen LogP contribution in [0.1, 0.15) is 72.6 Å². The smallest absolute Gasteiger partial charge is 0.0671 e. The molecule has 0 radical (unpaired) electrons. The van der Waals surface area contributed by atoms with Crippen LogP contribution in [0.15, 0.2) is 0 Å². The van der Waals surface area contributed by atoms with Crippen molar-refractivity contribution in [1.82, 2.24) is 5.32 Å². The molecule has 0 aromatic heterocycles. The Balaban J connectivity index is 3.14. The van der Waals surface area contributed by atoms with Crippen molar-refractivity contribution in [3.05, 3.63) is 0 Å². The van der Waals surface area contributed by atoms with Gasteiger partial charge in [0.25, 0.3) is 0 Å². The maximum absolute atomic E-state index is 5.79. The van der Waals surface area contributed by atoms with E-state index in [9.17, 15) is 0 Å². The summed E-state index contributed by atoms with van der Waals surface area (Å²) in [6.07, 6.45) is 9.64. The summed E-state index contributed by atoms with van der Waals surface area (Å²) in [5.41, 5.74) is 0. The van der Waals surface area contributed by atoms with Gasteiger partial charge in [0.2, 0.25) is 0 Å². The molecule has 0 heterocycles. The highest BCUT2D eigenvalue weighted by Gasteiger charge is 2.01. The van der Waals surface area contributed by atoms with Gasteiger partial charge in [0.15, 0.2) is 0 Å².